The zero-order valence-electron chi connectivity index (χ0n) is 19.8. The molecular weight excluding hydrogens is 577 g/mol. The number of carbonyl (C=O) groups is 3. The summed E-state index contributed by atoms with van der Waals surface area (Å²) in [5, 5.41) is 21.8. The second-order valence-corrected chi connectivity index (χ2v) is 11.5. The third kappa shape index (κ3) is 9.24. The molecule has 0 radical (unpaired) electrons. The maximum Gasteiger partial charge on any atom is 0.323 e. The lowest BCUT2D eigenvalue weighted by molar-refractivity contribution is -0.147. The summed E-state index contributed by atoms with van der Waals surface area (Å²) in [5.41, 5.74) is -0.000136. The van der Waals surface area contributed by atoms with Gasteiger partial charge in [0, 0.05) is 6.54 Å². The Morgan fingerprint density at radius 2 is 1.95 bits per heavy atom. The van der Waals surface area contributed by atoms with Gasteiger partial charge in [0.25, 0.3) is 0 Å². The van der Waals surface area contributed by atoms with Crippen molar-refractivity contribution in [2.24, 2.45) is 5.14 Å². The van der Waals surface area contributed by atoms with E-state index in [-0.39, 0.29) is 54.0 Å². The number of carbonyl (C=O) groups excluding carboxylic acids is 2. The van der Waals surface area contributed by atoms with Crippen molar-refractivity contribution in [3.05, 3.63) is 17.2 Å². The van der Waals surface area contributed by atoms with Gasteiger partial charge in [-0.1, -0.05) is 11.6 Å². The third-order valence-corrected chi connectivity index (χ3v) is 7.92. The Balaban J connectivity index is 0.00000684. The Morgan fingerprint density at radius 1 is 1.30 bits per heavy atom. The number of carboxylic acids is 1. The number of primary sulfonamides is 1. The van der Waals surface area contributed by atoms with Crippen molar-refractivity contribution in [3.63, 3.8) is 0 Å². The molecule has 14 nitrogen and oxygen atoms in total. The van der Waals surface area contributed by atoms with Crippen LogP contribution < -0.4 is 25.8 Å². The van der Waals surface area contributed by atoms with Crippen molar-refractivity contribution in [3.8, 4) is 0 Å². The number of nitrogens with one attached hydrogen (secondary N) is 4. The van der Waals surface area contributed by atoms with Gasteiger partial charge in [0.1, 0.15) is 21.9 Å². The Morgan fingerprint density at radius 3 is 2.51 bits per heavy atom. The molecule has 0 saturated carbocycles. The molecule has 1 aromatic carbocycles. The summed E-state index contributed by atoms with van der Waals surface area (Å²) < 4.78 is 55.6. The van der Waals surface area contributed by atoms with Crippen molar-refractivity contribution in [1.29, 1.82) is 0 Å². The van der Waals surface area contributed by atoms with E-state index in [1.54, 1.807) is 6.92 Å². The Labute approximate surface area is 225 Å². The Hall–Kier alpha value is -2.21. The molecule has 2 rings (SSSR count). The van der Waals surface area contributed by atoms with Gasteiger partial charge in [0.15, 0.2) is 0 Å². The van der Waals surface area contributed by atoms with E-state index in [4.69, 9.17) is 26.6 Å². The molecule has 3 atom stereocenters. The van der Waals surface area contributed by atoms with Crippen molar-refractivity contribution in [2.45, 2.75) is 61.2 Å². The Bertz CT molecular complexity index is 1230. The standard InChI is InChI=1S/C19H28ClN5O9S2.ClH/c1-3-34-19(29)12(23-10(2)18(27)28)5-4-6-22-17(26)9-16-24-13-7-11(20)14(35(21,30)31)8-15(13)36(32,33)25-16;/h7-8,10,12,16,23-25H,3-6,9H2,1-2H3,(H,22,26)(H,27,28)(H2,21,30,31);1H/t10?,12-,16-;/m0./s1. The van der Waals surface area contributed by atoms with Gasteiger partial charge in [-0.05, 0) is 38.8 Å². The maximum atomic E-state index is 12.6. The number of carboxylic acid groups (broad SMARTS) is 1. The van der Waals surface area contributed by atoms with Gasteiger partial charge in [-0.25, -0.2) is 22.0 Å². The monoisotopic (exact) mass is 605 g/mol. The van der Waals surface area contributed by atoms with E-state index in [0.29, 0.717) is 6.42 Å². The first-order chi connectivity index (χ1) is 16.7. The fourth-order valence-corrected chi connectivity index (χ4v) is 5.82. The fraction of sp³-hybridized carbons (Fsp3) is 0.526. The molecular formula is C19H29Cl2N5O9S2. The smallest absolute Gasteiger partial charge is 0.323 e. The van der Waals surface area contributed by atoms with Crippen LogP contribution in [-0.4, -0.2) is 71.2 Å². The van der Waals surface area contributed by atoms with Crippen molar-refractivity contribution < 1.29 is 41.1 Å². The average Bonchev–Trinajstić information content (AvgIpc) is 2.73. The number of rotatable bonds is 12. The summed E-state index contributed by atoms with van der Waals surface area (Å²) in [4.78, 5) is 34.5. The van der Waals surface area contributed by atoms with Gasteiger partial charge in [-0.3, -0.25) is 19.7 Å². The number of benzene rings is 1. The van der Waals surface area contributed by atoms with E-state index in [0.717, 1.165) is 12.1 Å². The summed E-state index contributed by atoms with van der Waals surface area (Å²) in [6.45, 7) is 3.25. The second kappa shape index (κ2) is 13.5. The van der Waals surface area contributed by atoms with Crippen LogP contribution in [0.1, 0.15) is 33.1 Å². The molecule has 37 heavy (non-hydrogen) atoms. The first-order valence-electron chi connectivity index (χ1n) is 10.7. The van der Waals surface area contributed by atoms with Crippen LogP contribution >= 0.6 is 24.0 Å². The number of halogens is 2. The molecule has 0 fully saturated rings. The van der Waals surface area contributed by atoms with E-state index in [9.17, 15) is 31.2 Å². The molecule has 7 N–H and O–H groups in total. The van der Waals surface area contributed by atoms with Crippen LogP contribution in [0, 0.1) is 0 Å². The van der Waals surface area contributed by atoms with Crippen molar-refractivity contribution >= 4 is 67.6 Å². The number of nitrogens with two attached hydrogens (primary N) is 1. The lowest BCUT2D eigenvalue weighted by atomic mass is 10.1. The van der Waals surface area contributed by atoms with E-state index in [2.05, 4.69) is 20.7 Å². The first-order valence-corrected chi connectivity index (χ1v) is 14.1. The number of hydrogen-bond acceptors (Lipinski definition) is 10. The minimum Gasteiger partial charge on any atom is -0.480 e. The average molecular weight is 607 g/mol. The molecule has 1 amide bonds. The minimum absolute atomic E-state index is 0. The number of amides is 1. The molecule has 1 heterocycles. The van der Waals surface area contributed by atoms with E-state index < -0.39 is 61.0 Å². The minimum atomic E-state index is -4.27. The van der Waals surface area contributed by atoms with Gasteiger partial charge >= 0.3 is 11.9 Å². The number of aliphatic carboxylic acids is 1. The van der Waals surface area contributed by atoms with Crippen molar-refractivity contribution in [2.75, 3.05) is 18.5 Å². The van der Waals surface area contributed by atoms with Gasteiger partial charge in [0.05, 0.1) is 29.9 Å². The van der Waals surface area contributed by atoms with Gasteiger partial charge in [-0.15, -0.1) is 12.4 Å². The number of esters is 1. The molecule has 0 aromatic heterocycles. The van der Waals surface area contributed by atoms with Crippen LogP contribution in [0.3, 0.4) is 0 Å². The molecule has 0 saturated heterocycles. The highest BCUT2D eigenvalue weighted by Gasteiger charge is 2.33. The largest absolute Gasteiger partial charge is 0.480 e. The third-order valence-electron chi connectivity index (χ3n) is 5.03. The summed E-state index contributed by atoms with van der Waals surface area (Å²) in [5.74, 6) is -2.27. The lowest BCUT2D eigenvalue weighted by Gasteiger charge is -2.28. The van der Waals surface area contributed by atoms with Gasteiger partial charge in [-0.2, -0.15) is 4.72 Å². The zero-order chi connectivity index (χ0) is 27.3. The van der Waals surface area contributed by atoms with Crippen LogP contribution in [-0.2, 0) is 39.2 Å². The van der Waals surface area contributed by atoms with Crippen LogP contribution in [0.2, 0.25) is 5.02 Å². The normalized spacial score (nSPS) is 17.8. The zero-order valence-corrected chi connectivity index (χ0v) is 23.0. The highest BCUT2D eigenvalue weighted by atomic mass is 35.5. The molecule has 0 spiro atoms. The predicted octanol–water partition coefficient (Wildman–Crippen LogP) is -0.280. The number of anilines is 1. The number of sulfonamides is 2. The molecule has 0 aliphatic carbocycles. The molecule has 1 aromatic rings. The highest BCUT2D eigenvalue weighted by Crippen LogP contribution is 2.33. The predicted molar refractivity (Wildman–Crippen MR) is 135 cm³/mol. The molecule has 210 valence electrons. The van der Waals surface area contributed by atoms with Gasteiger partial charge < -0.3 is 20.5 Å². The van der Waals surface area contributed by atoms with E-state index in [1.165, 1.54) is 6.92 Å². The van der Waals surface area contributed by atoms with Crippen LogP contribution in [0.5, 0.6) is 0 Å². The SMILES string of the molecule is CCOC(=O)[C@H](CCCNC(=O)C[C@H]1Nc2cc(Cl)c(S(N)(=O)=O)cc2S(=O)(=O)N1)NC(C)C(=O)O.Cl. The summed E-state index contributed by atoms with van der Waals surface area (Å²) >= 11 is 5.93. The first kappa shape index (κ1) is 32.8. The number of hydrogen-bond donors (Lipinski definition) is 6. The second-order valence-electron chi connectivity index (χ2n) is 7.87. The summed E-state index contributed by atoms with van der Waals surface area (Å²) in [6, 6.07) is 0.0540. The highest BCUT2D eigenvalue weighted by molar-refractivity contribution is 7.90. The maximum absolute atomic E-state index is 12.6. The lowest BCUT2D eigenvalue weighted by Crippen LogP contribution is -2.48. The molecule has 18 heteroatoms. The van der Waals surface area contributed by atoms with E-state index >= 15 is 0 Å². The number of ether oxygens (including phenoxy) is 1. The molecule has 1 aliphatic heterocycles. The van der Waals surface area contributed by atoms with Gasteiger partial charge in [0.2, 0.25) is 26.0 Å². The van der Waals surface area contributed by atoms with Crippen molar-refractivity contribution in [1.82, 2.24) is 15.4 Å². The van der Waals surface area contributed by atoms with Crippen LogP contribution in [0.15, 0.2) is 21.9 Å². The summed E-state index contributed by atoms with van der Waals surface area (Å²) in [6.07, 6.45) is -0.886. The van der Waals surface area contributed by atoms with Crippen LogP contribution in [0.25, 0.3) is 0 Å². The molecule has 1 unspecified atom stereocenters. The van der Waals surface area contributed by atoms with Crippen LogP contribution in [0.4, 0.5) is 5.69 Å². The van der Waals surface area contributed by atoms with E-state index in [1.807, 2.05) is 0 Å². The quantitative estimate of drug-likeness (QED) is 0.134. The Kier molecular flexibility index (Phi) is 12.0. The summed E-state index contributed by atoms with van der Waals surface area (Å²) in [7, 11) is -8.45. The molecule has 1 aliphatic rings. The topological polar surface area (TPSA) is 223 Å². The molecule has 0 bridgehead atoms. The fourth-order valence-electron chi connectivity index (χ4n) is 3.33. The number of fused-ring (bicyclic) bond motifs is 1.